The topological polar surface area (TPSA) is 96.6 Å². The lowest BCUT2D eigenvalue weighted by Gasteiger charge is -2.13. The zero-order valence-corrected chi connectivity index (χ0v) is 11.0. The van der Waals surface area contributed by atoms with Crippen LogP contribution < -0.4 is 5.43 Å². The number of fused-ring (bicyclic) bond motifs is 1. The summed E-state index contributed by atoms with van der Waals surface area (Å²) >= 11 is 1.27. The van der Waals surface area contributed by atoms with Gasteiger partial charge in [-0.25, -0.2) is 9.59 Å². The molecule has 0 radical (unpaired) electrons. The molecule has 2 aromatic heterocycles. The second kappa shape index (κ2) is 4.51. The molecule has 0 bridgehead atoms. The Morgan fingerprint density at radius 3 is 2.53 bits per heavy atom. The van der Waals surface area contributed by atoms with E-state index < -0.39 is 29.0 Å². The highest BCUT2D eigenvalue weighted by Gasteiger charge is 2.21. The molecular formula is C12H11NO5S. The fourth-order valence-electron chi connectivity index (χ4n) is 1.82. The Bertz CT molecular complexity index is 742. The van der Waals surface area contributed by atoms with E-state index >= 15 is 0 Å². The molecule has 19 heavy (non-hydrogen) atoms. The lowest BCUT2D eigenvalue weighted by Crippen LogP contribution is -2.22. The summed E-state index contributed by atoms with van der Waals surface area (Å²) in [6.45, 7) is 3.22. The Labute approximate surface area is 111 Å². The van der Waals surface area contributed by atoms with Gasteiger partial charge in [0.25, 0.3) is 0 Å². The van der Waals surface area contributed by atoms with E-state index in [1.807, 2.05) is 0 Å². The van der Waals surface area contributed by atoms with E-state index in [1.54, 1.807) is 13.0 Å². The highest BCUT2D eigenvalue weighted by atomic mass is 32.1. The summed E-state index contributed by atoms with van der Waals surface area (Å²) in [5.74, 6) is -2.45. The van der Waals surface area contributed by atoms with Crippen molar-refractivity contribution in [2.75, 3.05) is 0 Å². The van der Waals surface area contributed by atoms with Crippen LogP contribution in [0.25, 0.3) is 10.2 Å². The normalized spacial score (nSPS) is 12.5. The van der Waals surface area contributed by atoms with Crippen molar-refractivity contribution < 1.29 is 19.8 Å². The molecule has 0 aliphatic carbocycles. The average molecular weight is 281 g/mol. The van der Waals surface area contributed by atoms with Gasteiger partial charge in [0.15, 0.2) is 0 Å². The first-order chi connectivity index (χ1) is 8.82. The quantitative estimate of drug-likeness (QED) is 0.892. The third kappa shape index (κ3) is 2.12. The highest BCUT2D eigenvalue weighted by Crippen LogP contribution is 2.26. The Morgan fingerprint density at radius 2 is 2.00 bits per heavy atom. The molecule has 0 amide bonds. The van der Waals surface area contributed by atoms with E-state index in [4.69, 9.17) is 10.2 Å². The molecule has 0 aliphatic heterocycles. The summed E-state index contributed by atoms with van der Waals surface area (Å²) in [6.07, 6.45) is 1.10. The van der Waals surface area contributed by atoms with Crippen molar-refractivity contribution in [1.29, 1.82) is 0 Å². The van der Waals surface area contributed by atoms with Crippen molar-refractivity contribution in [2.24, 2.45) is 0 Å². The van der Waals surface area contributed by atoms with Crippen molar-refractivity contribution in [1.82, 2.24) is 4.57 Å². The van der Waals surface area contributed by atoms with Crippen molar-refractivity contribution in [2.45, 2.75) is 19.9 Å². The van der Waals surface area contributed by atoms with Crippen LogP contribution in [0.3, 0.4) is 0 Å². The summed E-state index contributed by atoms with van der Waals surface area (Å²) in [4.78, 5) is 35.4. The summed E-state index contributed by atoms with van der Waals surface area (Å²) in [5.41, 5.74) is -1.00. The van der Waals surface area contributed by atoms with E-state index in [9.17, 15) is 14.4 Å². The minimum absolute atomic E-state index is 0.246. The maximum absolute atomic E-state index is 12.0. The smallest absolute Gasteiger partial charge is 0.341 e. The Morgan fingerprint density at radius 1 is 1.37 bits per heavy atom. The zero-order valence-electron chi connectivity index (χ0n) is 10.2. The highest BCUT2D eigenvalue weighted by molar-refractivity contribution is 7.18. The van der Waals surface area contributed by atoms with Crippen LogP contribution in [0.1, 0.15) is 28.2 Å². The van der Waals surface area contributed by atoms with Gasteiger partial charge in [-0.2, -0.15) is 0 Å². The number of nitrogens with zero attached hydrogens (tertiary/aromatic N) is 1. The molecule has 1 unspecified atom stereocenters. The van der Waals surface area contributed by atoms with Crippen molar-refractivity contribution in [3.63, 3.8) is 0 Å². The van der Waals surface area contributed by atoms with E-state index in [1.165, 1.54) is 22.8 Å². The van der Waals surface area contributed by atoms with Crippen LogP contribution in [0, 0.1) is 6.92 Å². The molecular weight excluding hydrogens is 270 g/mol. The average Bonchev–Trinajstić information content (AvgIpc) is 2.70. The van der Waals surface area contributed by atoms with Crippen LogP contribution in [0.15, 0.2) is 17.1 Å². The minimum atomic E-state index is -1.36. The van der Waals surface area contributed by atoms with Gasteiger partial charge in [0.2, 0.25) is 5.43 Å². The van der Waals surface area contributed by atoms with Gasteiger partial charge >= 0.3 is 11.9 Å². The summed E-state index contributed by atoms with van der Waals surface area (Å²) in [5, 5.41) is 18.3. The molecule has 0 aromatic carbocycles. The van der Waals surface area contributed by atoms with Crippen LogP contribution in [-0.4, -0.2) is 26.7 Å². The SMILES string of the molecule is Cc1cc2c(=O)c(C(=O)O)cn(C(C)C(=O)O)c2s1. The van der Waals surface area contributed by atoms with Gasteiger partial charge in [0, 0.05) is 11.1 Å². The Kier molecular flexibility index (Phi) is 3.15. The lowest BCUT2D eigenvalue weighted by atomic mass is 10.2. The van der Waals surface area contributed by atoms with Gasteiger partial charge in [-0.1, -0.05) is 0 Å². The van der Waals surface area contributed by atoms with Crippen molar-refractivity contribution >= 4 is 33.5 Å². The largest absolute Gasteiger partial charge is 0.480 e. The molecule has 100 valence electrons. The third-order valence-corrected chi connectivity index (χ3v) is 3.90. The molecule has 0 saturated heterocycles. The molecule has 2 N–H and O–H groups in total. The first-order valence-corrected chi connectivity index (χ1v) is 6.26. The number of hydrogen-bond donors (Lipinski definition) is 2. The number of aromatic carboxylic acids is 1. The van der Waals surface area contributed by atoms with Gasteiger partial charge in [0.1, 0.15) is 16.4 Å². The summed E-state index contributed by atoms with van der Waals surface area (Å²) in [7, 11) is 0. The Hall–Kier alpha value is -2.15. The molecule has 2 aromatic rings. The number of carboxylic acid groups (broad SMARTS) is 2. The predicted molar refractivity (Wildman–Crippen MR) is 70.1 cm³/mol. The maximum atomic E-state index is 12.0. The molecule has 0 spiro atoms. The number of thiophene rings is 1. The standard InChI is InChI=1S/C12H11NO5S/c1-5-3-7-9(14)8(12(17)18)4-13(10(7)19-5)6(2)11(15)16/h3-4,6H,1-2H3,(H,15,16)(H,17,18). The number of aromatic nitrogens is 1. The van der Waals surface area contributed by atoms with Gasteiger partial charge in [-0.3, -0.25) is 4.79 Å². The number of aryl methyl sites for hydroxylation is 1. The van der Waals surface area contributed by atoms with E-state index in [0.29, 0.717) is 4.83 Å². The molecule has 7 heteroatoms. The molecule has 6 nitrogen and oxygen atoms in total. The minimum Gasteiger partial charge on any atom is -0.480 e. The lowest BCUT2D eigenvalue weighted by molar-refractivity contribution is -0.140. The number of aliphatic carboxylic acids is 1. The predicted octanol–water partition coefficient (Wildman–Crippen LogP) is 1.72. The van der Waals surface area contributed by atoms with Crippen LogP contribution in [0.4, 0.5) is 0 Å². The number of carbonyl (C=O) groups is 2. The van der Waals surface area contributed by atoms with Crippen LogP contribution in [0.5, 0.6) is 0 Å². The number of hydrogen-bond acceptors (Lipinski definition) is 4. The first-order valence-electron chi connectivity index (χ1n) is 5.44. The van der Waals surface area contributed by atoms with Crippen LogP contribution >= 0.6 is 11.3 Å². The molecule has 2 heterocycles. The first kappa shape index (κ1) is 13.3. The van der Waals surface area contributed by atoms with E-state index in [-0.39, 0.29) is 5.39 Å². The van der Waals surface area contributed by atoms with E-state index in [2.05, 4.69) is 0 Å². The van der Waals surface area contributed by atoms with Crippen molar-refractivity contribution in [3.05, 3.63) is 32.9 Å². The Balaban J connectivity index is 2.89. The number of rotatable bonds is 3. The van der Waals surface area contributed by atoms with Gasteiger partial charge in [0.05, 0.1) is 5.39 Å². The second-order valence-electron chi connectivity index (χ2n) is 4.17. The summed E-state index contributed by atoms with van der Waals surface area (Å²) < 4.78 is 1.32. The third-order valence-electron chi connectivity index (χ3n) is 2.83. The van der Waals surface area contributed by atoms with Crippen LogP contribution in [-0.2, 0) is 4.79 Å². The van der Waals surface area contributed by atoms with Gasteiger partial charge < -0.3 is 14.8 Å². The molecule has 0 fully saturated rings. The second-order valence-corrected chi connectivity index (χ2v) is 5.41. The summed E-state index contributed by atoms with van der Waals surface area (Å²) in [6, 6.07) is 0.638. The fourth-order valence-corrected chi connectivity index (χ4v) is 2.88. The number of pyridine rings is 1. The van der Waals surface area contributed by atoms with Crippen molar-refractivity contribution in [3.8, 4) is 0 Å². The maximum Gasteiger partial charge on any atom is 0.341 e. The molecule has 0 saturated carbocycles. The fraction of sp³-hybridized carbons (Fsp3) is 0.250. The number of carboxylic acids is 2. The van der Waals surface area contributed by atoms with E-state index in [0.717, 1.165) is 11.1 Å². The molecule has 1 atom stereocenters. The molecule has 0 aliphatic rings. The molecule has 2 rings (SSSR count). The van der Waals surface area contributed by atoms with Crippen LogP contribution in [0.2, 0.25) is 0 Å². The monoisotopic (exact) mass is 281 g/mol. The zero-order chi connectivity index (χ0) is 14.3. The van der Waals surface area contributed by atoms with Gasteiger partial charge in [-0.05, 0) is 19.9 Å². The van der Waals surface area contributed by atoms with Gasteiger partial charge in [-0.15, -0.1) is 11.3 Å².